The Morgan fingerprint density at radius 2 is 2.37 bits per heavy atom. The number of hydrogen-bond donors (Lipinski definition) is 2. The normalized spacial score (nSPS) is 12.1. The number of hydrogen-bond acceptors (Lipinski definition) is 3. The molecule has 0 saturated carbocycles. The average Bonchev–Trinajstić information content (AvgIpc) is 3.06. The van der Waals surface area contributed by atoms with E-state index < -0.39 is 0 Å². The molecule has 2 rings (SSSR count). The van der Waals surface area contributed by atoms with Gasteiger partial charge >= 0.3 is 6.03 Å². The van der Waals surface area contributed by atoms with Crippen LogP contribution in [0.4, 0.5) is 10.6 Å². The van der Waals surface area contributed by atoms with Gasteiger partial charge in [0.1, 0.15) is 5.82 Å². The molecule has 0 aliphatic heterocycles. The largest absolute Gasteiger partial charge is 0.472 e. The van der Waals surface area contributed by atoms with Crippen LogP contribution in [0.5, 0.6) is 0 Å². The Morgan fingerprint density at radius 1 is 1.53 bits per heavy atom. The molecule has 0 radical (unpaired) electrons. The van der Waals surface area contributed by atoms with Gasteiger partial charge in [0.05, 0.1) is 24.8 Å². The van der Waals surface area contributed by atoms with Crippen molar-refractivity contribution >= 4 is 11.8 Å². The SMILES string of the molecule is CCC(C)n1nccc1NC(=O)NCc1ccoc1. The number of carbonyl (C=O) groups excluding carboxylic acids is 1. The smallest absolute Gasteiger partial charge is 0.320 e. The predicted molar refractivity (Wildman–Crippen MR) is 71.8 cm³/mol. The highest BCUT2D eigenvalue weighted by atomic mass is 16.3. The Balaban J connectivity index is 1.90. The van der Waals surface area contributed by atoms with Crippen LogP contribution in [0.25, 0.3) is 0 Å². The van der Waals surface area contributed by atoms with Crippen LogP contribution >= 0.6 is 0 Å². The molecule has 2 aromatic heterocycles. The molecule has 0 aromatic carbocycles. The van der Waals surface area contributed by atoms with E-state index in [0.717, 1.165) is 12.0 Å². The minimum absolute atomic E-state index is 0.249. The van der Waals surface area contributed by atoms with Crippen LogP contribution in [0.15, 0.2) is 35.3 Å². The highest BCUT2D eigenvalue weighted by molar-refractivity contribution is 5.88. The molecule has 102 valence electrons. The molecule has 6 heteroatoms. The van der Waals surface area contributed by atoms with E-state index in [2.05, 4.69) is 29.6 Å². The number of amides is 2. The summed E-state index contributed by atoms with van der Waals surface area (Å²) in [6.07, 6.45) is 5.81. The summed E-state index contributed by atoms with van der Waals surface area (Å²) in [5.41, 5.74) is 0.922. The van der Waals surface area contributed by atoms with E-state index >= 15 is 0 Å². The van der Waals surface area contributed by atoms with Gasteiger partial charge in [-0.1, -0.05) is 6.92 Å². The summed E-state index contributed by atoms with van der Waals surface area (Å²) < 4.78 is 6.73. The van der Waals surface area contributed by atoms with Crippen LogP contribution in [-0.2, 0) is 6.54 Å². The van der Waals surface area contributed by atoms with E-state index in [-0.39, 0.29) is 12.1 Å². The fraction of sp³-hybridized carbons (Fsp3) is 0.385. The monoisotopic (exact) mass is 262 g/mol. The van der Waals surface area contributed by atoms with Gasteiger partial charge in [-0.05, 0) is 19.4 Å². The molecular formula is C13H18N4O2. The van der Waals surface area contributed by atoms with Gasteiger partial charge in [0.2, 0.25) is 0 Å². The van der Waals surface area contributed by atoms with Crippen molar-refractivity contribution in [2.75, 3.05) is 5.32 Å². The lowest BCUT2D eigenvalue weighted by Gasteiger charge is -2.14. The first-order valence-corrected chi connectivity index (χ1v) is 6.30. The summed E-state index contributed by atoms with van der Waals surface area (Å²) in [6, 6.07) is 3.58. The molecule has 0 spiro atoms. The maximum atomic E-state index is 11.8. The first-order valence-electron chi connectivity index (χ1n) is 6.30. The van der Waals surface area contributed by atoms with Crippen molar-refractivity contribution in [3.8, 4) is 0 Å². The molecule has 2 amide bonds. The van der Waals surface area contributed by atoms with Crippen molar-refractivity contribution in [2.45, 2.75) is 32.9 Å². The van der Waals surface area contributed by atoms with Crippen LogP contribution in [0.2, 0.25) is 0 Å². The predicted octanol–water partition coefficient (Wildman–Crippen LogP) is 2.77. The lowest BCUT2D eigenvalue weighted by Crippen LogP contribution is -2.29. The minimum atomic E-state index is -0.258. The Hall–Kier alpha value is -2.24. The van der Waals surface area contributed by atoms with Gasteiger partial charge in [0.25, 0.3) is 0 Å². The second-order valence-electron chi connectivity index (χ2n) is 4.36. The second-order valence-corrected chi connectivity index (χ2v) is 4.36. The molecule has 0 aliphatic rings. The van der Waals surface area contributed by atoms with Gasteiger partial charge in [-0.3, -0.25) is 5.32 Å². The van der Waals surface area contributed by atoms with Gasteiger partial charge < -0.3 is 9.73 Å². The summed E-state index contributed by atoms with van der Waals surface area (Å²) in [4.78, 5) is 11.8. The number of nitrogens with zero attached hydrogens (tertiary/aromatic N) is 2. The van der Waals surface area contributed by atoms with Crippen molar-refractivity contribution in [1.82, 2.24) is 15.1 Å². The van der Waals surface area contributed by atoms with Crippen molar-refractivity contribution in [1.29, 1.82) is 0 Å². The molecule has 0 aliphatic carbocycles. The van der Waals surface area contributed by atoms with E-state index in [1.807, 2.05) is 6.07 Å². The standard InChI is InChI=1S/C13H18N4O2/c1-3-10(2)17-12(4-6-15-17)16-13(18)14-8-11-5-7-19-9-11/h4-7,9-10H,3,8H2,1-2H3,(H2,14,16,18). The third-order valence-corrected chi connectivity index (χ3v) is 2.95. The molecule has 6 nitrogen and oxygen atoms in total. The zero-order valence-corrected chi connectivity index (χ0v) is 11.1. The maximum Gasteiger partial charge on any atom is 0.320 e. The van der Waals surface area contributed by atoms with Gasteiger partial charge in [-0.2, -0.15) is 5.10 Å². The van der Waals surface area contributed by atoms with Crippen LogP contribution < -0.4 is 10.6 Å². The molecule has 1 atom stereocenters. The summed E-state index contributed by atoms with van der Waals surface area (Å²) in [5.74, 6) is 0.694. The lowest BCUT2D eigenvalue weighted by molar-refractivity contribution is 0.251. The number of anilines is 1. The molecular weight excluding hydrogens is 244 g/mol. The van der Waals surface area contributed by atoms with Crippen molar-refractivity contribution in [2.24, 2.45) is 0 Å². The fourth-order valence-corrected chi connectivity index (χ4v) is 1.67. The molecule has 19 heavy (non-hydrogen) atoms. The van der Waals surface area contributed by atoms with Crippen molar-refractivity contribution in [3.05, 3.63) is 36.4 Å². The molecule has 0 saturated heterocycles. The van der Waals surface area contributed by atoms with Crippen LogP contribution in [0.3, 0.4) is 0 Å². The van der Waals surface area contributed by atoms with Crippen LogP contribution in [-0.4, -0.2) is 15.8 Å². The number of urea groups is 1. The third-order valence-electron chi connectivity index (χ3n) is 2.95. The number of nitrogens with one attached hydrogen (secondary N) is 2. The Labute approximate surface area is 111 Å². The van der Waals surface area contributed by atoms with Gasteiger partial charge in [-0.25, -0.2) is 9.48 Å². The zero-order valence-electron chi connectivity index (χ0n) is 11.1. The van der Waals surface area contributed by atoms with Gasteiger partial charge in [0.15, 0.2) is 0 Å². The van der Waals surface area contributed by atoms with Crippen LogP contribution in [0.1, 0.15) is 31.9 Å². The average molecular weight is 262 g/mol. The number of carbonyl (C=O) groups is 1. The summed E-state index contributed by atoms with van der Waals surface area (Å²) in [7, 11) is 0. The zero-order chi connectivity index (χ0) is 13.7. The number of aromatic nitrogens is 2. The van der Waals surface area contributed by atoms with E-state index in [1.165, 1.54) is 0 Å². The Bertz CT molecular complexity index is 518. The quantitative estimate of drug-likeness (QED) is 0.870. The van der Waals surface area contributed by atoms with Crippen molar-refractivity contribution < 1.29 is 9.21 Å². The lowest BCUT2D eigenvalue weighted by atomic mass is 10.3. The van der Waals surface area contributed by atoms with E-state index in [9.17, 15) is 4.79 Å². The first kappa shape index (κ1) is 13.2. The first-order chi connectivity index (χ1) is 9.20. The summed E-state index contributed by atoms with van der Waals surface area (Å²) in [6.45, 7) is 4.57. The number of rotatable bonds is 5. The Kier molecular flexibility index (Phi) is 4.22. The van der Waals surface area contributed by atoms with E-state index in [1.54, 1.807) is 29.5 Å². The molecule has 2 aromatic rings. The topological polar surface area (TPSA) is 72.1 Å². The molecule has 2 heterocycles. The fourth-order valence-electron chi connectivity index (χ4n) is 1.67. The maximum absolute atomic E-state index is 11.8. The summed E-state index contributed by atoms with van der Waals surface area (Å²) in [5, 5.41) is 9.75. The molecule has 0 fully saturated rings. The highest BCUT2D eigenvalue weighted by Gasteiger charge is 2.10. The molecule has 1 unspecified atom stereocenters. The number of furan rings is 1. The van der Waals surface area contributed by atoms with E-state index in [4.69, 9.17) is 4.42 Å². The van der Waals surface area contributed by atoms with Gasteiger partial charge in [-0.15, -0.1) is 0 Å². The highest BCUT2D eigenvalue weighted by Crippen LogP contribution is 2.16. The molecule has 0 bridgehead atoms. The van der Waals surface area contributed by atoms with Crippen molar-refractivity contribution in [3.63, 3.8) is 0 Å². The minimum Gasteiger partial charge on any atom is -0.472 e. The summed E-state index contributed by atoms with van der Waals surface area (Å²) >= 11 is 0. The third kappa shape index (κ3) is 3.37. The van der Waals surface area contributed by atoms with Gasteiger partial charge in [0, 0.05) is 18.2 Å². The van der Waals surface area contributed by atoms with E-state index in [0.29, 0.717) is 12.4 Å². The molecule has 2 N–H and O–H groups in total. The van der Waals surface area contributed by atoms with Crippen LogP contribution in [0, 0.1) is 0 Å². The Morgan fingerprint density at radius 3 is 3.05 bits per heavy atom. The second kappa shape index (κ2) is 6.08.